The Morgan fingerprint density at radius 3 is 2.42 bits per heavy atom. The fourth-order valence-electron chi connectivity index (χ4n) is 3.30. The largest absolute Gasteiger partial charge is 0.478 e. The zero-order chi connectivity index (χ0) is 16.9. The van der Waals surface area contributed by atoms with Gasteiger partial charge in [-0.05, 0) is 42.5 Å². The van der Waals surface area contributed by atoms with E-state index in [4.69, 9.17) is 5.11 Å². The maximum atomic E-state index is 12.6. The van der Waals surface area contributed by atoms with E-state index in [9.17, 15) is 9.59 Å². The highest BCUT2D eigenvalue weighted by Gasteiger charge is 2.29. The summed E-state index contributed by atoms with van der Waals surface area (Å²) in [6, 6.07) is 17.1. The van der Waals surface area contributed by atoms with Gasteiger partial charge >= 0.3 is 5.97 Å². The lowest BCUT2D eigenvalue weighted by molar-refractivity contribution is -0.132. The summed E-state index contributed by atoms with van der Waals surface area (Å²) in [5.74, 6) is -0.760. The van der Waals surface area contributed by atoms with E-state index < -0.39 is 5.97 Å². The van der Waals surface area contributed by atoms with Crippen LogP contribution in [-0.2, 0) is 11.2 Å². The lowest BCUT2D eigenvalue weighted by atomic mass is 10.0. The van der Waals surface area contributed by atoms with E-state index in [2.05, 4.69) is 12.1 Å². The third kappa shape index (κ3) is 3.65. The SMILES string of the molecule is O=C(O)c1ccc(CCC(=O)N2CCC[C@H]2c2ccccc2)cc1. The zero-order valence-electron chi connectivity index (χ0n) is 13.5. The second-order valence-electron chi connectivity index (χ2n) is 6.16. The summed E-state index contributed by atoms with van der Waals surface area (Å²) in [6.45, 7) is 0.816. The van der Waals surface area contributed by atoms with Crippen molar-refractivity contribution in [1.82, 2.24) is 4.90 Å². The third-order valence-electron chi connectivity index (χ3n) is 4.59. The highest BCUT2D eigenvalue weighted by atomic mass is 16.4. The van der Waals surface area contributed by atoms with Crippen LogP contribution in [0.3, 0.4) is 0 Å². The summed E-state index contributed by atoms with van der Waals surface area (Å²) in [5, 5.41) is 8.91. The molecule has 0 saturated carbocycles. The first-order chi connectivity index (χ1) is 11.6. The molecule has 24 heavy (non-hydrogen) atoms. The number of benzene rings is 2. The molecular formula is C20H21NO3. The highest BCUT2D eigenvalue weighted by Crippen LogP contribution is 2.32. The number of carboxylic acids is 1. The lowest BCUT2D eigenvalue weighted by Crippen LogP contribution is -2.30. The van der Waals surface area contributed by atoms with Crippen molar-refractivity contribution in [2.45, 2.75) is 31.7 Å². The number of hydrogen-bond acceptors (Lipinski definition) is 2. The predicted octanol–water partition coefficient (Wildman–Crippen LogP) is 3.68. The molecule has 4 nitrogen and oxygen atoms in total. The van der Waals surface area contributed by atoms with Crippen LogP contribution < -0.4 is 0 Å². The van der Waals surface area contributed by atoms with E-state index >= 15 is 0 Å². The van der Waals surface area contributed by atoms with Crippen LogP contribution in [0, 0.1) is 0 Å². The molecule has 0 aliphatic carbocycles. The van der Waals surface area contributed by atoms with Crippen LogP contribution in [0.15, 0.2) is 54.6 Å². The molecule has 1 aliphatic heterocycles. The first-order valence-electron chi connectivity index (χ1n) is 8.32. The summed E-state index contributed by atoms with van der Waals surface area (Å²) in [6.07, 6.45) is 3.15. The number of carbonyl (C=O) groups excluding carboxylic acids is 1. The topological polar surface area (TPSA) is 57.6 Å². The molecule has 0 bridgehead atoms. The van der Waals surface area contributed by atoms with Gasteiger partial charge in [-0.3, -0.25) is 4.79 Å². The minimum Gasteiger partial charge on any atom is -0.478 e. The first kappa shape index (κ1) is 16.2. The van der Waals surface area contributed by atoms with Crippen LogP contribution in [0.4, 0.5) is 0 Å². The first-order valence-corrected chi connectivity index (χ1v) is 8.32. The van der Waals surface area contributed by atoms with E-state index in [0.717, 1.165) is 24.9 Å². The zero-order valence-corrected chi connectivity index (χ0v) is 13.5. The van der Waals surface area contributed by atoms with Crippen molar-refractivity contribution >= 4 is 11.9 Å². The molecule has 0 radical (unpaired) electrons. The minimum atomic E-state index is -0.930. The maximum Gasteiger partial charge on any atom is 0.335 e. The monoisotopic (exact) mass is 323 g/mol. The van der Waals surface area contributed by atoms with Crippen LogP contribution in [0.2, 0.25) is 0 Å². The van der Waals surface area contributed by atoms with E-state index in [-0.39, 0.29) is 17.5 Å². The Morgan fingerprint density at radius 2 is 1.75 bits per heavy atom. The Morgan fingerprint density at radius 1 is 1.04 bits per heavy atom. The Hall–Kier alpha value is -2.62. The second-order valence-corrected chi connectivity index (χ2v) is 6.16. The molecule has 0 unspecified atom stereocenters. The van der Waals surface area contributed by atoms with Gasteiger partial charge in [-0.15, -0.1) is 0 Å². The van der Waals surface area contributed by atoms with E-state index in [0.29, 0.717) is 12.8 Å². The van der Waals surface area contributed by atoms with Crippen molar-refractivity contribution in [3.63, 3.8) is 0 Å². The molecule has 1 aliphatic rings. The normalized spacial score (nSPS) is 17.0. The molecule has 0 spiro atoms. The molecule has 1 fully saturated rings. The van der Waals surface area contributed by atoms with Crippen LogP contribution in [0.1, 0.15) is 46.8 Å². The quantitative estimate of drug-likeness (QED) is 0.913. The Kier molecular flexibility index (Phi) is 4.94. The highest BCUT2D eigenvalue weighted by molar-refractivity contribution is 5.87. The van der Waals surface area contributed by atoms with E-state index in [1.807, 2.05) is 23.1 Å². The third-order valence-corrected chi connectivity index (χ3v) is 4.59. The number of likely N-dealkylation sites (tertiary alicyclic amines) is 1. The van der Waals surface area contributed by atoms with Gasteiger partial charge in [0.1, 0.15) is 0 Å². The van der Waals surface area contributed by atoms with Gasteiger partial charge in [-0.2, -0.15) is 0 Å². The summed E-state index contributed by atoms with van der Waals surface area (Å²) in [7, 11) is 0. The van der Waals surface area contributed by atoms with Crippen LogP contribution in [0.25, 0.3) is 0 Å². The second kappa shape index (κ2) is 7.30. The van der Waals surface area contributed by atoms with Gasteiger partial charge in [0.15, 0.2) is 0 Å². The molecule has 2 aromatic rings. The van der Waals surface area contributed by atoms with Gasteiger partial charge in [0.25, 0.3) is 0 Å². The molecule has 2 aromatic carbocycles. The Balaban J connectivity index is 1.61. The number of amides is 1. The molecule has 1 saturated heterocycles. The summed E-state index contributed by atoms with van der Waals surface area (Å²) < 4.78 is 0. The molecular weight excluding hydrogens is 302 g/mol. The summed E-state index contributed by atoms with van der Waals surface area (Å²) in [5.41, 5.74) is 2.46. The molecule has 4 heteroatoms. The van der Waals surface area contributed by atoms with Gasteiger partial charge in [0.2, 0.25) is 5.91 Å². The number of carboxylic acid groups (broad SMARTS) is 1. The Bertz CT molecular complexity index is 709. The van der Waals surface area contributed by atoms with Gasteiger partial charge in [0.05, 0.1) is 11.6 Å². The van der Waals surface area contributed by atoms with E-state index in [1.54, 1.807) is 24.3 Å². The number of rotatable bonds is 5. The lowest BCUT2D eigenvalue weighted by Gasteiger charge is -2.25. The predicted molar refractivity (Wildman–Crippen MR) is 91.9 cm³/mol. The van der Waals surface area contributed by atoms with Crippen LogP contribution in [-0.4, -0.2) is 28.4 Å². The molecule has 124 valence electrons. The van der Waals surface area contributed by atoms with Crippen LogP contribution in [0.5, 0.6) is 0 Å². The summed E-state index contributed by atoms with van der Waals surface area (Å²) >= 11 is 0. The van der Waals surface area contributed by atoms with Crippen LogP contribution >= 0.6 is 0 Å². The number of aryl methyl sites for hydroxylation is 1. The van der Waals surface area contributed by atoms with Crippen molar-refractivity contribution in [3.05, 3.63) is 71.3 Å². The smallest absolute Gasteiger partial charge is 0.335 e. The number of aromatic carboxylic acids is 1. The standard InChI is InChI=1S/C20H21NO3/c22-19(13-10-15-8-11-17(12-9-15)20(23)24)21-14-4-7-18(21)16-5-2-1-3-6-16/h1-3,5-6,8-9,11-12,18H,4,7,10,13-14H2,(H,23,24)/t18-/m0/s1. The average Bonchev–Trinajstić information content (AvgIpc) is 3.10. The molecule has 1 amide bonds. The van der Waals surface area contributed by atoms with E-state index in [1.165, 1.54) is 5.56 Å². The molecule has 1 atom stereocenters. The molecule has 3 rings (SSSR count). The minimum absolute atomic E-state index is 0.170. The van der Waals surface area contributed by atoms with Crippen molar-refractivity contribution in [2.75, 3.05) is 6.54 Å². The van der Waals surface area contributed by atoms with Gasteiger partial charge in [0, 0.05) is 13.0 Å². The van der Waals surface area contributed by atoms with Gasteiger partial charge in [-0.25, -0.2) is 4.79 Å². The number of hydrogen-bond donors (Lipinski definition) is 1. The number of nitrogens with zero attached hydrogens (tertiary/aromatic N) is 1. The average molecular weight is 323 g/mol. The number of carbonyl (C=O) groups is 2. The molecule has 0 aromatic heterocycles. The van der Waals surface area contributed by atoms with Gasteiger partial charge in [-0.1, -0.05) is 42.5 Å². The maximum absolute atomic E-state index is 12.6. The fraction of sp³-hybridized carbons (Fsp3) is 0.300. The Labute approximate surface area is 141 Å². The van der Waals surface area contributed by atoms with Crippen molar-refractivity contribution in [3.8, 4) is 0 Å². The van der Waals surface area contributed by atoms with Gasteiger partial charge < -0.3 is 10.0 Å². The van der Waals surface area contributed by atoms with Crippen molar-refractivity contribution < 1.29 is 14.7 Å². The molecule has 1 heterocycles. The van der Waals surface area contributed by atoms with Crippen molar-refractivity contribution in [2.24, 2.45) is 0 Å². The molecule has 1 N–H and O–H groups in total. The fourth-order valence-corrected chi connectivity index (χ4v) is 3.30. The van der Waals surface area contributed by atoms with Crippen molar-refractivity contribution in [1.29, 1.82) is 0 Å². The summed E-state index contributed by atoms with van der Waals surface area (Å²) in [4.78, 5) is 25.5.